The molecule has 2 N–H and O–H groups in total. The zero-order valence-electron chi connectivity index (χ0n) is 21.7. The fourth-order valence-electron chi connectivity index (χ4n) is 5.72. The number of aryl methyl sites for hydroxylation is 1. The molecule has 10 nitrogen and oxygen atoms in total. The van der Waals surface area contributed by atoms with Gasteiger partial charge in [0, 0.05) is 29.2 Å². The van der Waals surface area contributed by atoms with E-state index in [0.717, 1.165) is 60.2 Å². The molecule has 0 aliphatic heterocycles. The maximum atomic E-state index is 13.7. The molecule has 0 radical (unpaired) electrons. The van der Waals surface area contributed by atoms with Crippen molar-refractivity contribution in [3.05, 3.63) is 70.5 Å². The second-order valence-electron chi connectivity index (χ2n) is 10.0. The van der Waals surface area contributed by atoms with Crippen LogP contribution in [0, 0.1) is 11.8 Å². The Labute approximate surface area is 220 Å². The number of pyridine rings is 1. The third-order valence-corrected chi connectivity index (χ3v) is 7.73. The Morgan fingerprint density at radius 1 is 1.13 bits per heavy atom. The molecule has 0 saturated heterocycles. The molecule has 1 saturated carbocycles. The van der Waals surface area contributed by atoms with Crippen LogP contribution in [-0.4, -0.2) is 45.8 Å². The number of hydrogen-bond donors (Lipinski definition) is 2. The summed E-state index contributed by atoms with van der Waals surface area (Å²) in [6.07, 6.45) is 8.73. The predicted molar refractivity (Wildman–Crippen MR) is 142 cm³/mol. The molecule has 0 spiro atoms. The third kappa shape index (κ3) is 4.90. The Balaban J connectivity index is 1.46. The number of hydrogen-bond acceptors (Lipinski definition) is 6. The van der Waals surface area contributed by atoms with Crippen LogP contribution in [0.25, 0.3) is 22.6 Å². The number of H-pyrrole nitrogens is 1. The maximum absolute atomic E-state index is 13.7. The lowest BCUT2D eigenvalue weighted by atomic mass is 9.95. The lowest BCUT2D eigenvalue weighted by Crippen LogP contribution is -2.34. The highest BCUT2D eigenvalue weighted by Crippen LogP contribution is 2.42. The standard InChI is InChI=1S/C28H33N7O3/c1-3-5-8-20-17-35(25-19(4-2)12-13-23(25)27(36)37)28(38)34(20)16-18-11-14-24(29-15-18)21-9-6-7-10-22(21)26-30-32-33-31-26/h6-7,9-11,14-15,17,19,23,25H,3-5,8,12-13,16H2,1-2H3,(H,36,37)(H,30,31,32,33). The Kier molecular flexibility index (Phi) is 7.48. The van der Waals surface area contributed by atoms with Crippen LogP contribution in [-0.2, 0) is 17.8 Å². The van der Waals surface area contributed by atoms with Crippen LogP contribution in [0.15, 0.2) is 53.6 Å². The van der Waals surface area contributed by atoms with Gasteiger partial charge in [0.2, 0.25) is 5.82 Å². The van der Waals surface area contributed by atoms with E-state index in [-0.39, 0.29) is 17.6 Å². The molecule has 0 amide bonds. The molecule has 1 aliphatic rings. The van der Waals surface area contributed by atoms with E-state index in [4.69, 9.17) is 4.98 Å². The quantitative estimate of drug-likeness (QED) is 0.321. The van der Waals surface area contributed by atoms with Crippen molar-refractivity contribution in [1.29, 1.82) is 0 Å². The minimum atomic E-state index is -0.818. The van der Waals surface area contributed by atoms with Crippen LogP contribution in [0.1, 0.15) is 63.3 Å². The average Bonchev–Trinajstić information content (AvgIpc) is 3.68. The summed E-state index contributed by atoms with van der Waals surface area (Å²) in [7, 11) is 0. The van der Waals surface area contributed by atoms with E-state index in [1.54, 1.807) is 15.3 Å². The van der Waals surface area contributed by atoms with Crippen molar-refractivity contribution in [2.24, 2.45) is 11.8 Å². The number of tetrazole rings is 1. The molecule has 1 fully saturated rings. The molecule has 0 bridgehead atoms. The molecule has 4 aromatic rings. The monoisotopic (exact) mass is 515 g/mol. The Morgan fingerprint density at radius 3 is 2.61 bits per heavy atom. The van der Waals surface area contributed by atoms with E-state index in [1.807, 2.05) is 42.6 Å². The molecule has 5 rings (SSSR count). The number of imidazole rings is 1. The number of carboxylic acid groups (broad SMARTS) is 1. The second-order valence-corrected chi connectivity index (χ2v) is 10.0. The number of aliphatic carboxylic acids is 1. The van der Waals surface area contributed by atoms with Gasteiger partial charge in [0.1, 0.15) is 0 Å². The molecule has 198 valence electrons. The van der Waals surface area contributed by atoms with Gasteiger partial charge in [0.15, 0.2) is 0 Å². The molecular weight excluding hydrogens is 482 g/mol. The van der Waals surface area contributed by atoms with Crippen molar-refractivity contribution in [1.82, 2.24) is 34.7 Å². The predicted octanol–water partition coefficient (Wildman–Crippen LogP) is 4.34. The summed E-state index contributed by atoms with van der Waals surface area (Å²) in [5, 5.41) is 24.2. The molecule has 1 aromatic carbocycles. The highest BCUT2D eigenvalue weighted by Gasteiger charge is 2.41. The highest BCUT2D eigenvalue weighted by molar-refractivity contribution is 5.78. The zero-order valence-corrected chi connectivity index (χ0v) is 21.7. The van der Waals surface area contributed by atoms with E-state index >= 15 is 0 Å². The minimum absolute atomic E-state index is 0.140. The molecule has 38 heavy (non-hydrogen) atoms. The summed E-state index contributed by atoms with van der Waals surface area (Å²) in [5.41, 5.74) is 4.18. The van der Waals surface area contributed by atoms with E-state index < -0.39 is 11.9 Å². The van der Waals surface area contributed by atoms with Crippen molar-refractivity contribution in [2.75, 3.05) is 0 Å². The lowest BCUT2D eigenvalue weighted by molar-refractivity contribution is -0.142. The van der Waals surface area contributed by atoms with Crippen LogP contribution in [0.3, 0.4) is 0 Å². The van der Waals surface area contributed by atoms with Gasteiger partial charge in [-0.1, -0.05) is 57.0 Å². The van der Waals surface area contributed by atoms with Gasteiger partial charge < -0.3 is 5.11 Å². The highest BCUT2D eigenvalue weighted by atomic mass is 16.4. The zero-order chi connectivity index (χ0) is 26.6. The van der Waals surface area contributed by atoms with E-state index in [0.29, 0.717) is 18.8 Å². The van der Waals surface area contributed by atoms with Crippen molar-refractivity contribution in [3.63, 3.8) is 0 Å². The van der Waals surface area contributed by atoms with E-state index in [9.17, 15) is 14.7 Å². The third-order valence-electron chi connectivity index (χ3n) is 7.73. The van der Waals surface area contributed by atoms with Crippen LogP contribution in [0.2, 0.25) is 0 Å². The van der Waals surface area contributed by atoms with Crippen molar-refractivity contribution in [3.8, 4) is 22.6 Å². The second kappa shape index (κ2) is 11.1. The Bertz CT molecular complexity index is 1440. The molecule has 10 heteroatoms. The maximum Gasteiger partial charge on any atom is 0.328 e. The Morgan fingerprint density at radius 2 is 1.95 bits per heavy atom. The number of nitrogens with one attached hydrogen (secondary N) is 1. The molecular formula is C28H33N7O3. The molecule has 3 heterocycles. The summed E-state index contributed by atoms with van der Waals surface area (Å²) in [6, 6.07) is 11.4. The number of carbonyl (C=O) groups is 1. The average molecular weight is 516 g/mol. The number of rotatable bonds is 10. The number of unbranched alkanes of at least 4 members (excludes halogenated alkanes) is 1. The summed E-state index contributed by atoms with van der Waals surface area (Å²) >= 11 is 0. The van der Waals surface area contributed by atoms with Crippen LogP contribution in [0.5, 0.6) is 0 Å². The number of aromatic nitrogens is 7. The number of nitrogens with zero attached hydrogens (tertiary/aromatic N) is 6. The fraction of sp³-hybridized carbons (Fsp3) is 0.429. The molecule has 3 unspecified atom stereocenters. The molecule has 3 atom stereocenters. The first-order valence-corrected chi connectivity index (χ1v) is 13.3. The minimum Gasteiger partial charge on any atom is -0.481 e. The van der Waals surface area contributed by atoms with Crippen molar-refractivity contribution >= 4 is 5.97 Å². The van der Waals surface area contributed by atoms with Gasteiger partial charge in [0.25, 0.3) is 0 Å². The Hall–Kier alpha value is -4.08. The lowest BCUT2D eigenvalue weighted by Gasteiger charge is -2.22. The topological polar surface area (TPSA) is 132 Å². The molecule has 3 aromatic heterocycles. The first-order valence-electron chi connectivity index (χ1n) is 13.3. The van der Waals surface area contributed by atoms with Gasteiger partial charge in [0.05, 0.1) is 24.2 Å². The van der Waals surface area contributed by atoms with Crippen molar-refractivity contribution < 1.29 is 9.90 Å². The van der Waals surface area contributed by atoms with Gasteiger partial charge >= 0.3 is 11.7 Å². The van der Waals surface area contributed by atoms with Gasteiger partial charge in [-0.15, -0.1) is 10.2 Å². The first-order chi connectivity index (χ1) is 18.5. The van der Waals surface area contributed by atoms with Gasteiger partial charge in [-0.3, -0.25) is 18.9 Å². The summed E-state index contributed by atoms with van der Waals surface area (Å²) in [6.45, 7) is 4.58. The molecule has 1 aliphatic carbocycles. The largest absolute Gasteiger partial charge is 0.481 e. The normalized spacial score (nSPS) is 19.2. The first kappa shape index (κ1) is 25.6. The van der Waals surface area contributed by atoms with Gasteiger partial charge in [-0.05, 0) is 48.4 Å². The van der Waals surface area contributed by atoms with Crippen LogP contribution < -0.4 is 5.69 Å². The smallest absolute Gasteiger partial charge is 0.328 e. The van der Waals surface area contributed by atoms with Crippen molar-refractivity contribution in [2.45, 2.75) is 65.0 Å². The van der Waals surface area contributed by atoms with E-state index in [1.165, 1.54) is 0 Å². The summed E-state index contributed by atoms with van der Waals surface area (Å²) in [4.78, 5) is 30.4. The van der Waals surface area contributed by atoms with Gasteiger partial charge in [-0.2, -0.15) is 5.21 Å². The summed E-state index contributed by atoms with van der Waals surface area (Å²) in [5.74, 6) is -0.671. The van der Waals surface area contributed by atoms with E-state index in [2.05, 4.69) is 34.5 Å². The summed E-state index contributed by atoms with van der Waals surface area (Å²) < 4.78 is 3.51. The SMILES string of the molecule is CCCCc1cn(C2C(CC)CCC2C(=O)O)c(=O)n1Cc1ccc(-c2ccccc2-c2nn[nH]n2)nc1. The number of carboxylic acids is 1. The number of aromatic amines is 1. The van der Waals surface area contributed by atoms with Gasteiger partial charge in [-0.25, -0.2) is 4.79 Å². The van der Waals surface area contributed by atoms with Crippen LogP contribution >= 0.6 is 0 Å². The fourth-order valence-corrected chi connectivity index (χ4v) is 5.72. The number of benzene rings is 1. The van der Waals surface area contributed by atoms with Crippen LogP contribution in [0.4, 0.5) is 0 Å².